The topological polar surface area (TPSA) is 22.4 Å². The van der Waals surface area contributed by atoms with Gasteiger partial charge in [-0.25, -0.2) is 0 Å². The predicted octanol–water partition coefficient (Wildman–Crippen LogP) is 12.2. The standard InChI is InChI=1S/C43H28O2/c1-43(2)36-15-5-3-9-29(36)30-19-17-26(24-37(30)43)27-20-22-40-41-32(27)12-8-13-33(41)35-23-25(18-21-39(35)44-40)28-11-7-14-34-31-10-4-6-16-38(31)45-42(28)34/h3-24H,1-2H3. The van der Waals surface area contributed by atoms with Crippen molar-refractivity contribution in [2.24, 2.45) is 0 Å². The molecular formula is C43H28O2. The third-order valence-electron chi connectivity index (χ3n) is 10.1. The van der Waals surface area contributed by atoms with Crippen LogP contribution in [0.4, 0.5) is 0 Å². The molecule has 0 bridgehead atoms. The first-order valence-electron chi connectivity index (χ1n) is 15.6. The summed E-state index contributed by atoms with van der Waals surface area (Å²) >= 11 is 0. The molecule has 7 aromatic carbocycles. The van der Waals surface area contributed by atoms with Gasteiger partial charge in [0.25, 0.3) is 0 Å². The number of hydrogen-bond donors (Lipinski definition) is 0. The largest absolute Gasteiger partial charge is 0.456 e. The molecule has 0 amide bonds. The van der Waals surface area contributed by atoms with Crippen LogP contribution in [0.3, 0.4) is 0 Å². The molecule has 1 aliphatic carbocycles. The van der Waals surface area contributed by atoms with E-state index in [0.717, 1.165) is 55.5 Å². The van der Waals surface area contributed by atoms with Crippen molar-refractivity contribution in [2.45, 2.75) is 19.3 Å². The zero-order valence-corrected chi connectivity index (χ0v) is 25.0. The normalized spacial score (nSPS) is 13.9. The minimum atomic E-state index is -0.0462. The summed E-state index contributed by atoms with van der Waals surface area (Å²) in [6, 6.07) is 48.0. The fourth-order valence-corrected chi connectivity index (χ4v) is 7.90. The quantitative estimate of drug-likeness (QED) is 0.204. The predicted molar refractivity (Wildman–Crippen MR) is 185 cm³/mol. The Labute approximate surface area is 261 Å². The smallest absolute Gasteiger partial charge is 0.143 e. The van der Waals surface area contributed by atoms with Crippen molar-refractivity contribution >= 4 is 32.7 Å². The number of fused-ring (bicyclic) bond motifs is 8. The summed E-state index contributed by atoms with van der Waals surface area (Å²) in [7, 11) is 0. The summed E-state index contributed by atoms with van der Waals surface area (Å²) < 4.78 is 13.0. The van der Waals surface area contributed by atoms with Gasteiger partial charge in [-0.15, -0.1) is 0 Å². The highest BCUT2D eigenvalue weighted by Crippen LogP contribution is 2.52. The van der Waals surface area contributed by atoms with E-state index in [2.05, 4.69) is 135 Å². The molecule has 2 heterocycles. The lowest BCUT2D eigenvalue weighted by atomic mass is 9.81. The van der Waals surface area contributed by atoms with Crippen molar-refractivity contribution in [3.05, 3.63) is 145 Å². The van der Waals surface area contributed by atoms with Gasteiger partial charge in [0.05, 0.1) is 0 Å². The highest BCUT2D eigenvalue weighted by molar-refractivity contribution is 6.12. The van der Waals surface area contributed by atoms with Crippen LogP contribution in [-0.4, -0.2) is 0 Å². The second-order valence-corrected chi connectivity index (χ2v) is 12.9. The first-order valence-corrected chi connectivity index (χ1v) is 15.6. The second kappa shape index (κ2) is 8.74. The van der Waals surface area contributed by atoms with Crippen LogP contribution in [-0.2, 0) is 5.41 Å². The zero-order chi connectivity index (χ0) is 29.9. The van der Waals surface area contributed by atoms with Crippen LogP contribution in [0.15, 0.2) is 138 Å². The van der Waals surface area contributed by atoms with E-state index in [-0.39, 0.29) is 5.41 Å². The van der Waals surface area contributed by atoms with E-state index in [4.69, 9.17) is 9.15 Å². The number of benzene rings is 7. The van der Waals surface area contributed by atoms with Gasteiger partial charge in [0, 0.05) is 32.7 Å². The molecule has 212 valence electrons. The molecule has 8 aromatic rings. The summed E-state index contributed by atoms with van der Waals surface area (Å²) in [4.78, 5) is 0. The van der Waals surface area contributed by atoms with Crippen LogP contribution < -0.4 is 4.74 Å². The van der Waals surface area contributed by atoms with Crippen molar-refractivity contribution in [2.75, 3.05) is 0 Å². The van der Waals surface area contributed by atoms with Crippen LogP contribution >= 0.6 is 0 Å². The third kappa shape index (κ3) is 3.34. The minimum Gasteiger partial charge on any atom is -0.456 e. The summed E-state index contributed by atoms with van der Waals surface area (Å²) in [5.74, 6) is 1.78. The average Bonchev–Trinajstić information content (AvgIpc) is 3.57. The van der Waals surface area contributed by atoms with Crippen molar-refractivity contribution < 1.29 is 9.15 Å². The molecule has 10 rings (SSSR count). The monoisotopic (exact) mass is 576 g/mol. The van der Waals surface area contributed by atoms with Gasteiger partial charge in [0.2, 0.25) is 0 Å². The van der Waals surface area contributed by atoms with Gasteiger partial charge in [-0.1, -0.05) is 117 Å². The highest BCUT2D eigenvalue weighted by Gasteiger charge is 2.35. The van der Waals surface area contributed by atoms with Crippen LogP contribution in [0.25, 0.3) is 77.2 Å². The summed E-state index contributed by atoms with van der Waals surface area (Å²) in [6.07, 6.45) is 0. The van der Waals surface area contributed by atoms with Crippen LogP contribution in [0.2, 0.25) is 0 Å². The number of furan rings is 1. The number of ether oxygens (including phenoxy) is 1. The van der Waals surface area contributed by atoms with E-state index in [0.29, 0.717) is 0 Å². The Morgan fingerprint density at radius 3 is 2.04 bits per heavy atom. The maximum Gasteiger partial charge on any atom is 0.143 e. The molecule has 0 unspecified atom stereocenters. The van der Waals surface area contributed by atoms with E-state index in [9.17, 15) is 0 Å². The number of rotatable bonds is 2. The Hall–Kier alpha value is -5.60. The fourth-order valence-electron chi connectivity index (χ4n) is 7.90. The van der Waals surface area contributed by atoms with E-state index < -0.39 is 0 Å². The van der Waals surface area contributed by atoms with Crippen molar-refractivity contribution in [3.63, 3.8) is 0 Å². The molecule has 0 radical (unpaired) electrons. The summed E-state index contributed by atoms with van der Waals surface area (Å²) in [5, 5.41) is 4.63. The minimum absolute atomic E-state index is 0.0462. The summed E-state index contributed by atoms with van der Waals surface area (Å²) in [6.45, 7) is 4.68. The maximum absolute atomic E-state index is 6.59. The van der Waals surface area contributed by atoms with Crippen molar-refractivity contribution in [3.8, 4) is 56.0 Å². The molecule has 0 spiro atoms. The first kappa shape index (κ1) is 24.8. The third-order valence-corrected chi connectivity index (χ3v) is 10.1. The Morgan fingerprint density at radius 2 is 1.11 bits per heavy atom. The number of para-hydroxylation sites is 2. The molecule has 1 aromatic heterocycles. The van der Waals surface area contributed by atoms with Gasteiger partial charge < -0.3 is 9.15 Å². The molecule has 45 heavy (non-hydrogen) atoms. The van der Waals surface area contributed by atoms with Gasteiger partial charge >= 0.3 is 0 Å². The molecule has 0 atom stereocenters. The van der Waals surface area contributed by atoms with Crippen LogP contribution in [0.1, 0.15) is 25.0 Å². The van der Waals surface area contributed by atoms with E-state index >= 15 is 0 Å². The second-order valence-electron chi connectivity index (χ2n) is 12.9. The lowest BCUT2D eigenvalue weighted by molar-refractivity contribution is 0.487. The van der Waals surface area contributed by atoms with E-state index in [1.54, 1.807) is 0 Å². The molecular weight excluding hydrogens is 548 g/mol. The van der Waals surface area contributed by atoms with Gasteiger partial charge in [-0.05, 0) is 80.2 Å². The first-order chi connectivity index (χ1) is 22.1. The van der Waals surface area contributed by atoms with Gasteiger partial charge in [-0.2, -0.15) is 0 Å². The number of hydrogen-bond acceptors (Lipinski definition) is 2. The molecule has 1 aliphatic heterocycles. The molecule has 0 fully saturated rings. The Kier molecular flexibility index (Phi) is 4.82. The Bertz CT molecular complexity index is 2550. The van der Waals surface area contributed by atoms with E-state index in [1.807, 2.05) is 12.1 Å². The SMILES string of the molecule is CC1(C)c2ccccc2-c2ccc(-c3ccc4c5c(cccc35)-c3cc(-c5cccc6c5oc5ccccc56)ccc3O4)cc21. The van der Waals surface area contributed by atoms with Crippen molar-refractivity contribution in [1.82, 2.24) is 0 Å². The van der Waals surface area contributed by atoms with Crippen LogP contribution in [0, 0.1) is 0 Å². The molecule has 0 saturated heterocycles. The highest BCUT2D eigenvalue weighted by atomic mass is 16.5. The van der Waals surface area contributed by atoms with Gasteiger partial charge in [-0.3, -0.25) is 0 Å². The molecule has 2 nitrogen and oxygen atoms in total. The fraction of sp³-hybridized carbons (Fsp3) is 0.0698. The molecule has 0 N–H and O–H groups in total. The maximum atomic E-state index is 6.59. The lowest BCUT2D eigenvalue weighted by Crippen LogP contribution is -2.14. The Morgan fingerprint density at radius 1 is 0.444 bits per heavy atom. The van der Waals surface area contributed by atoms with Crippen molar-refractivity contribution in [1.29, 1.82) is 0 Å². The van der Waals surface area contributed by atoms with Crippen LogP contribution in [0.5, 0.6) is 11.5 Å². The molecule has 2 heteroatoms. The average molecular weight is 577 g/mol. The Balaban J connectivity index is 1.14. The van der Waals surface area contributed by atoms with Gasteiger partial charge in [0.1, 0.15) is 22.7 Å². The zero-order valence-electron chi connectivity index (χ0n) is 25.0. The van der Waals surface area contributed by atoms with E-state index in [1.165, 1.54) is 44.3 Å². The molecule has 2 aliphatic rings. The molecule has 0 saturated carbocycles. The lowest BCUT2D eigenvalue weighted by Gasteiger charge is -2.24. The van der Waals surface area contributed by atoms with Gasteiger partial charge in [0.15, 0.2) is 0 Å². The summed E-state index contributed by atoms with van der Waals surface area (Å²) in [5.41, 5.74) is 14.2.